The fourth-order valence-corrected chi connectivity index (χ4v) is 1.43. The quantitative estimate of drug-likeness (QED) is 0.654. The van der Waals surface area contributed by atoms with Crippen molar-refractivity contribution in [2.24, 2.45) is 0 Å². The summed E-state index contributed by atoms with van der Waals surface area (Å²) < 4.78 is 18.1. The van der Waals surface area contributed by atoms with Gasteiger partial charge in [0, 0.05) is 12.1 Å². The van der Waals surface area contributed by atoms with Crippen LogP contribution in [0.25, 0.3) is 0 Å². The summed E-state index contributed by atoms with van der Waals surface area (Å²) in [7, 11) is 0. The Bertz CT molecular complexity index is 526. The summed E-state index contributed by atoms with van der Waals surface area (Å²) in [4.78, 5) is 9.97. The van der Waals surface area contributed by atoms with Crippen LogP contribution in [0.3, 0.4) is 0 Å². The number of anilines is 1. The van der Waals surface area contributed by atoms with Gasteiger partial charge in [-0.2, -0.15) is 4.39 Å². The molecule has 1 aromatic carbocycles. The highest BCUT2D eigenvalue weighted by Crippen LogP contribution is 2.27. The predicted molar refractivity (Wildman–Crippen MR) is 59.1 cm³/mol. The van der Waals surface area contributed by atoms with Crippen molar-refractivity contribution in [3.8, 4) is 0 Å². The van der Waals surface area contributed by atoms with Crippen LogP contribution in [0.1, 0.15) is 5.56 Å². The Morgan fingerprint density at radius 1 is 1.41 bits per heavy atom. The molecule has 6 heteroatoms. The number of furan rings is 1. The lowest BCUT2D eigenvalue weighted by molar-refractivity contribution is -0.386. The first-order valence-electron chi connectivity index (χ1n) is 4.86. The average Bonchev–Trinajstić information content (AvgIpc) is 2.78. The molecule has 5 nitrogen and oxygen atoms in total. The largest absolute Gasteiger partial charge is 0.472 e. The van der Waals surface area contributed by atoms with Crippen molar-refractivity contribution >= 4 is 11.4 Å². The zero-order valence-corrected chi connectivity index (χ0v) is 8.72. The second-order valence-corrected chi connectivity index (χ2v) is 3.38. The van der Waals surface area contributed by atoms with E-state index in [0.29, 0.717) is 6.54 Å². The van der Waals surface area contributed by atoms with Gasteiger partial charge in [0.1, 0.15) is 5.69 Å². The minimum atomic E-state index is -0.854. The smallest absolute Gasteiger partial charge is 0.327 e. The maximum Gasteiger partial charge on any atom is 0.327 e. The van der Waals surface area contributed by atoms with E-state index >= 15 is 0 Å². The van der Waals surface area contributed by atoms with Gasteiger partial charge in [-0.25, -0.2) is 0 Å². The van der Waals surface area contributed by atoms with Gasteiger partial charge in [-0.15, -0.1) is 0 Å². The topological polar surface area (TPSA) is 68.3 Å². The number of hydrogen-bond acceptors (Lipinski definition) is 4. The monoisotopic (exact) mass is 236 g/mol. The van der Waals surface area contributed by atoms with E-state index in [9.17, 15) is 14.5 Å². The number of halogens is 1. The highest BCUT2D eigenvalue weighted by molar-refractivity contribution is 5.62. The summed E-state index contributed by atoms with van der Waals surface area (Å²) in [6, 6.07) is 5.65. The van der Waals surface area contributed by atoms with Crippen molar-refractivity contribution in [3.63, 3.8) is 0 Å². The van der Waals surface area contributed by atoms with E-state index in [2.05, 4.69) is 5.32 Å². The van der Waals surface area contributed by atoms with Crippen LogP contribution in [0.4, 0.5) is 15.8 Å². The highest BCUT2D eigenvalue weighted by Gasteiger charge is 2.19. The van der Waals surface area contributed by atoms with E-state index in [1.165, 1.54) is 24.7 Å². The van der Waals surface area contributed by atoms with Crippen LogP contribution in [0.15, 0.2) is 41.2 Å². The average molecular weight is 236 g/mol. The molecular formula is C11H9FN2O3. The Morgan fingerprint density at radius 3 is 2.88 bits per heavy atom. The Labute approximate surface area is 96.0 Å². The Hall–Kier alpha value is -2.37. The van der Waals surface area contributed by atoms with Gasteiger partial charge < -0.3 is 9.73 Å². The number of hydrogen-bond donors (Lipinski definition) is 1. The fourth-order valence-electron chi connectivity index (χ4n) is 1.43. The molecule has 1 aromatic heterocycles. The van der Waals surface area contributed by atoms with Crippen LogP contribution in [-0.2, 0) is 6.54 Å². The lowest BCUT2D eigenvalue weighted by Gasteiger charge is -2.05. The third-order valence-electron chi connectivity index (χ3n) is 2.23. The molecule has 88 valence electrons. The summed E-state index contributed by atoms with van der Waals surface area (Å²) in [5.41, 5.74) is 0.427. The summed E-state index contributed by atoms with van der Waals surface area (Å²) in [5.74, 6) is -0.854. The van der Waals surface area contributed by atoms with Crippen molar-refractivity contribution in [2.45, 2.75) is 6.54 Å². The Kier molecular flexibility index (Phi) is 3.04. The SMILES string of the molecule is O=[N+]([O-])c1c(F)cccc1NCc1ccoc1. The molecule has 2 aromatic rings. The molecule has 0 saturated heterocycles. The maximum absolute atomic E-state index is 13.3. The van der Waals surface area contributed by atoms with Gasteiger partial charge in [0.15, 0.2) is 0 Å². The zero-order chi connectivity index (χ0) is 12.3. The van der Waals surface area contributed by atoms with Crippen molar-refractivity contribution in [1.29, 1.82) is 0 Å². The number of nitrogens with one attached hydrogen (secondary N) is 1. The summed E-state index contributed by atoms with van der Waals surface area (Å²) in [5, 5.41) is 13.5. The number of rotatable bonds is 4. The standard InChI is InChI=1S/C11H9FN2O3/c12-9-2-1-3-10(11(9)14(15)16)13-6-8-4-5-17-7-8/h1-5,7,13H,6H2. The van der Waals surface area contributed by atoms with E-state index < -0.39 is 16.4 Å². The molecule has 0 amide bonds. The third kappa shape index (κ3) is 2.41. The van der Waals surface area contributed by atoms with Gasteiger partial charge in [0.25, 0.3) is 0 Å². The molecule has 0 aliphatic rings. The van der Waals surface area contributed by atoms with E-state index in [1.54, 1.807) is 6.07 Å². The van der Waals surface area contributed by atoms with Crippen molar-refractivity contribution < 1.29 is 13.7 Å². The molecule has 0 saturated carbocycles. The van der Waals surface area contributed by atoms with E-state index in [1.807, 2.05) is 0 Å². The predicted octanol–water partition coefficient (Wildman–Crippen LogP) is 2.94. The zero-order valence-electron chi connectivity index (χ0n) is 8.72. The van der Waals surface area contributed by atoms with Gasteiger partial charge >= 0.3 is 5.69 Å². The van der Waals surface area contributed by atoms with Crippen molar-refractivity contribution in [1.82, 2.24) is 0 Å². The van der Waals surface area contributed by atoms with Gasteiger partial charge in [0.2, 0.25) is 5.82 Å². The van der Waals surface area contributed by atoms with Crippen LogP contribution in [-0.4, -0.2) is 4.92 Å². The molecule has 17 heavy (non-hydrogen) atoms. The highest BCUT2D eigenvalue weighted by atomic mass is 19.1. The summed E-state index contributed by atoms with van der Waals surface area (Å²) in [6.07, 6.45) is 3.01. The fraction of sp³-hybridized carbons (Fsp3) is 0.0909. The molecule has 1 N–H and O–H groups in total. The van der Waals surface area contributed by atoms with Crippen LogP contribution in [0.5, 0.6) is 0 Å². The van der Waals surface area contributed by atoms with Gasteiger partial charge in [-0.1, -0.05) is 6.07 Å². The molecule has 2 rings (SSSR count). The molecule has 1 heterocycles. The number of nitro groups is 1. The van der Waals surface area contributed by atoms with E-state index in [-0.39, 0.29) is 5.69 Å². The number of para-hydroxylation sites is 1. The first-order chi connectivity index (χ1) is 8.18. The first-order valence-corrected chi connectivity index (χ1v) is 4.86. The van der Waals surface area contributed by atoms with Gasteiger partial charge in [0.05, 0.1) is 17.4 Å². The summed E-state index contributed by atoms with van der Waals surface area (Å²) in [6.45, 7) is 0.334. The van der Waals surface area contributed by atoms with Gasteiger partial charge in [-0.3, -0.25) is 10.1 Å². The van der Waals surface area contributed by atoms with E-state index in [0.717, 1.165) is 11.6 Å². The Morgan fingerprint density at radius 2 is 2.24 bits per heavy atom. The lowest BCUT2D eigenvalue weighted by Crippen LogP contribution is -2.03. The number of benzene rings is 1. The Balaban J connectivity index is 2.21. The third-order valence-corrected chi connectivity index (χ3v) is 2.23. The van der Waals surface area contributed by atoms with Gasteiger partial charge in [-0.05, 0) is 18.2 Å². The normalized spacial score (nSPS) is 10.2. The minimum Gasteiger partial charge on any atom is -0.472 e. The molecule has 0 aliphatic heterocycles. The molecule has 0 fully saturated rings. The second-order valence-electron chi connectivity index (χ2n) is 3.38. The lowest BCUT2D eigenvalue weighted by atomic mass is 10.2. The molecule has 0 atom stereocenters. The molecule has 0 bridgehead atoms. The molecule has 0 spiro atoms. The van der Waals surface area contributed by atoms with Crippen molar-refractivity contribution in [3.05, 3.63) is 58.3 Å². The molecule has 0 radical (unpaired) electrons. The second kappa shape index (κ2) is 4.65. The molecular weight excluding hydrogens is 227 g/mol. The first kappa shape index (κ1) is 11.1. The minimum absolute atomic E-state index is 0.149. The van der Waals surface area contributed by atoms with Crippen LogP contribution < -0.4 is 5.32 Å². The summed E-state index contributed by atoms with van der Waals surface area (Å²) >= 11 is 0. The van der Waals surface area contributed by atoms with E-state index in [4.69, 9.17) is 4.42 Å². The molecule has 0 aliphatic carbocycles. The maximum atomic E-state index is 13.3. The number of nitro benzene ring substituents is 1. The van der Waals surface area contributed by atoms with Crippen LogP contribution in [0.2, 0.25) is 0 Å². The van der Waals surface area contributed by atoms with Crippen LogP contribution in [0, 0.1) is 15.9 Å². The van der Waals surface area contributed by atoms with Crippen LogP contribution >= 0.6 is 0 Å². The molecule has 0 unspecified atom stereocenters. The number of nitrogens with zero attached hydrogens (tertiary/aromatic N) is 1. The van der Waals surface area contributed by atoms with Crippen molar-refractivity contribution in [2.75, 3.05) is 5.32 Å².